The molecule has 126 valence electrons. The van der Waals surface area contributed by atoms with Crippen molar-refractivity contribution in [3.05, 3.63) is 0 Å². The Hall–Kier alpha value is -1.12. The van der Waals surface area contributed by atoms with Gasteiger partial charge >= 0.3 is 11.5 Å². The topological polar surface area (TPSA) is 61.4 Å². The fraction of sp³-hybridized carbons (Fsp3) is 0.846. The Morgan fingerprint density at radius 3 is 2.59 bits per heavy atom. The molecule has 0 aromatic rings. The summed E-state index contributed by atoms with van der Waals surface area (Å²) in [4.78, 5) is 25.4. The average molecular weight is 339 g/mol. The molecule has 0 spiro atoms. The molecule has 9 heteroatoms. The van der Waals surface area contributed by atoms with Gasteiger partial charge in [0.1, 0.15) is 0 Å². The second-order valence-electron chi connectivity index (χ2n) is 5.59. The first kappa shape index (κ1) is 17.2. The lowest BCUT2D eigenvalue weighted by Gasteiger charge is -2.32. The highest BCUT2D eigenvalue weighted by atomic mass is 32.2. The molecule has 2 fully saturated rings. The largest absolute Gasteiger partial charge is 0.441 e. The van der Waals surface area contributed by atoms with Gasteiger partial charge < -0.3 is 15.5 Å². The third-order valence-electron chi connectivity index (χ3n) is 3.65. The number of carbonyl (C=O) groups excluding carboxylic acids is 2. The predicted molar refractivity (Wildman–Crippen MR) is 77.4 cm³/mol. The van der Waals surface area contributed by atoms with Gasteiger partial charge in [0.2, 0.25) is 5.91 Å². The number of amides is 3. The number of thioether (sulfide) groups is 1. The lowest BCUT2D eigenvalue weighted by Crippen LogP contribution is -2.49. The summed E-state index contributed by atoms with van der Waals surface area (Å²) in [5, 5.41) is 5.40. The number of hydrogen-bond acceptors (Lipinski definition) is 3. The van der Waals surface area contributed by atoms with Crippen molar-refractivity contribution in [3.8, 4) is 0 Å². The lowest BCUT2D eigenvalue weighted by atomic mass is 9.97. The summed E-state index contributed by atoms with van der Waals surface area (Å²) in [5.74, 6) is -0.452. The van der Waals surface area contributed by atoms with Crippen molar-refractivity contribution >= 4 is 23.7 Å². The van der Waals surface area contributed by atoms with E-state index in [-0.39, 0.29) is 41.9 Å². The average Bonchev–Trinajstić information content (AvgIpc) is 3.26. The van der Waals surface area contributed by atoms with Crippen molar-refractivity contribution < 1.29 is 22.8 Å². The summed E-state index contributed by atoms with van der Waals surface area (Å²) < 4.78 is 35.9. The van der Waals surface area contributed by atoms with Crippen LogP contribution in [-0.2, 0) is 4.79 Å². The molecule has 3 amide bonds. The molecule has 2 rings (SSSR count). The zero-order chi connectivity index (χ0) is 16.2. The monoisotopic (exact) mass is 339 g/mol. The zero-order valence-corrected chi connectivity index (χ0v) is 12.9. The Kier molecular flexibility index (Phi) is 5.82. The van der Waals surface area contributed by atoms with Crippen LogP contribution < -0.4 is 10.6 Å². The first-order valence-electron chi connectivity index (χ1n) is 7.39. The Morgan fingerprint density at radius 1 is 1.23 bits per heavy atom. The molecule has 1 saturated carbocycles. The number of piperidine rings is 1. The van der Waals surface area contributed by atoms with E-state index in [0.717, 1.165) is 25.7 Å². The van der Waals surface area contributed by atoms with E-state index in [0.29, 0.717) is 13.1 Å². The van der Waals surface area contributed by atoms with Crippen LogP contribution >= 0.6 is 11.8 Å². The molecule has 22 heavy (non-hydrogen) atoms. The maximum absolute atomic E-state index is 12.0. The standard InChI is InChI=1S/C13H20F3N3O2S/c14-13(15,16)22-7-5-17-12(21)19-6-1-2-9(8-19)11(20)18-10-3-4-10/h9-10H,1-8H2,(H,17,21)(H,18,20)/t9-/m0/s1. The normalized spacial score (nSPS) is 22.3. The maximum Gasteiger partial charge on any atom is 0.441 e. The van der Waals surface area contributed by atoms with Gasteiger partial charge in [0.25, 0.3) is 0 Å². The molecule has 0 aromatic carbocycles. The van der Waals surface area contributed by atoms with Crippen molar-refractivity contribution in [2.75, 3.05) is 25.4 Å². The predicted octanol–water partition coefficient (Wildman–Crippen LogP) is 1.94. The van der Waals surface area contributed by atoms with E-state index in [4.69, 9.17) is 0 Å². The van der Waals surface area contributed by atoms with Crippen molar-refractivity contribution in [3.63, 3.8) is 0 Å². The molecule has 1 atom stereocenters. The molecule has 1 aliphatic heterocycles. The highest BCUT2D eigenvalue weighted by Crippen LogP contribution is 2.29. The van der Waals surface area contributed by atoms with E-state index in [1.807, 2.05) is 0 Å². The molecule has 2 aliphatic rings. The molecule has 1 heterocycles. The van der Waals surface area contributed by atoms with Crippen LogP contribution in [-0.4, -0.2) is 53.8 Å². The number of likely N-dealkylation sites (tertiary alicyclic amines) is 1. The minimum Gasteiger partial charge on any atom is -0.353 e. The first-order valence-corrected chi connectivity index (χ1v) is 8.37. The van der Waals surface area contributed by atoms with Crippen LogP contribution in [0.25, 0.3) is 0 Å². The maximum atomic E-state index is 12.0. The van der Waals surface area contributed by atoms with E-state index in [2.05, 4.69) is 10.6 Å². The van der Waals surface area contributed by atoms with Crippen LogP contribution in [0.1, 0.15) is 25.7 Å². The van der Waals surface area contributed by atoms with Crippen molar-refractivity contribution in [1.82, 2.24) is 15.5 Å². The van der Waals surface area contributed by atoms with Gasteiger partial charge in [-0.2, -0.15) is 13.2 Å². The highest BCUT2D eigenvalue weighted by Gasteiger charge is 2.32. The van der Waals surface area contributed by atoms with Gasteiger partial charge in [0.15, 0.2) is 0 Å². The number of alkyl halides is 3. The van der Waals surface area contributed by atoms with Crippen LogP contribution in [0.15, 0.2) is 0 Å². The summed E-state index contributed by atoms with van der Waals surface area (Å²) in [7, 11) is 0. The summed E-state index contributed by atoms with van der Waals surface area (Å²) >= 11 is -0.156. The highest BCUT2D eigenvalue weighted by molar-refractivity contribution is 8.00. The summed E-state index contributed by atoms with van der Waals surface area (Å²) in [6.07, 6.45) is 3.50. The molecule has 5 nitrogen and oxygen atoms in total. The Labute approximate surface area is 131 Å². The van der Waals surface area contributed by atoms with Crippen LogP contribution in [0.2, 0.25) is 0 Å². The minimum absolute atomic E-state index is 0.0207. The molecule has 0 unspecified atom stereocenters. The summed E-state index contributed by atoms with van der Waals surface area (Å²) in [6.45, 7) is 0.820. The van der Waals surface area contributed by atoms with Gasteiger partial charge in [-0.1, -0.05) is 0 Å². The molecular formula is C13H20F3N3O2S. The number of nitrogens with zero attached hydrogens (tertiary/aromatic N) is 1. The van der Waals surface area contributed by atoms with Gasteiger partial charge in [-0.25, -0.2) is 4.79 Å². The van der Waals surface area contributed by atoms with Crippen LogP contribution in [0.4, 0.5) is 18.0 Å². The van der Waals surface area contributed by atoms with Crippen LogP contribution in [0, 0.1) is 5.92 Å². The van der Waals surface area contributed by atoms with Gasteiger partial charge in [0.05, 0.1) is 5.92 Å². The van der Waals surface area contributed by atoms with Crippen molar-refractivity contribution in [2.24, 2.45) is 5.92 Å². The summed E-state index contributed by atoms with van der Waals surface area (Å²) in [6, 6.07) is -0.109. The Balaban J connectivity index is 1.69. The lowest BCUT2D eigenvalue weighted by molar-refractivity contribution is -0.126. The fourth-order valence-electron chi connectivity index (χ4n) is 2.36. The Morgan fingerprint density at radius 2 is 1.95 bits per heavy atom. The molecule has 1 aliphatic carbocycles. The fourth-order valence-corrected chi connectivity index (χ4v) is 2.79. The number of carbonyl (C=O) groups is 2. The second-order valence-corrected chi connectivity index (χ2v) is 6.75. The van der Waals surface area contributed by atoms with E-state index in [1.165, 1.54) is 4.90 Å². The van der Waals surface area contributed by atoms with Gasteiger partial charge in [-0.15, -0.1) is 0 Å². The molecule has 1 saturated heterocycles. The van der Waals surface area contributed by atoms with Crippen molar-refractivity contribution in [1.29, 1.82) is 0 Å². The minimum atomic E-state index is -4.28. The van der Waals surface area contributed by atoms with E-state index < -0.39 is 11.5 Å². The quantitative estimate of drug-likeness (QED) is 0.753. The Bertz CT molecular complexity index is 416. The van der Waals surface area contributed by atoms with Crippen LogP contribution in [0.3, 0.4) is 0 Å². The van der Waals surface area contributed by atoms with Crippen molar-refractivity contribution in [2.45, 2.75) is 37.2 Å². The number of hydrogen-bond donors (Lipinski definition) is 2. The molecule has 0 aromatic heterocycles. The van der Waals surface area contributed by atoms with Gasteiger partial charge in [-0.3, -0.25) is 4.79 Å². The second kappa shape index (κ2) is 7.43. The smallest absolute Gasteiger partial charge is 0.353 e. The molecule has 0 radical (unpaired) electrons. The zero-order valence-electron chi connectivity index (χ0n) is 12.1. The van der Waals surface area contributed by atoms with E-state index in [9.17, 15) is 22.8 Å². The SMILES string of the molecule is O=C(NC1CC1)[C@H]1CCCN(C(=O)NCCSC(F)(F)F)C1. The summed E-state index contributed by atoms with van der Waals surface area (Å²) in [5.41, 5.74) is -4.28. The van der Waals surface area contributed by atoms with E-state index >= 15 is 0 Å². The third-order valence-corrected chi connectivity index (χ3v) is 4.38. The number of urea groups is 1. The molecular weight excluding hydrogens is 319 g/mol. The van der Waals surface area contributed by atoms with Gasteiger partial charge in [-0.05, 0) is 37.4 Å². The third kappa shape index (κ3) is 5.94. The molecule has 2 N–H and O–H groups in total. The first-order chi connectivity index (χ1) is 10.3. The number of nitrogens with one attached hydrogen (secondary N) is 2. The number of rotatable bonds is 5. The van der Waals surface area contributed by atoms with Gasteiger partial charge in [0, 0.05) is 31.4 Å². The molecule has 0 bridgehead atoms. The van der Waals surface area contributed by atoms with E-state index in [1.54, 1.807) is 0 Å². The van der Waals surface area contributed by atoms with Crippen LogP contribution in [0.5, 0.6) is 0 Å². The number of halogens is 3.